The van der Waals surface area contributed by atoms with Crippen LogP contribution in [0.3, 0.4) is 0 Å². The Kier molecular flexibility index (Phi) is 6.52. The lowest BCUT2D eigenvalue weighted by atomic mass is 10.1. The number of anilines is 1. The van der Waals surface area contributed by atoms with Crippen molar-refractivity contribution in [2.75, 3.05) is 5.32 Å². The number of ether oxygens (including phenoxy) is 1. The molecular formula is C22H20FN3O3. The molecule has 0 fully saturated rings. The summed E-state index contributed by atoms with van der Waals surface area (Å²) in [6.45, 7) is 1.92. The molecule has 2 aromatic carbocycles. The van der Waals surface area contributed by atoms with Crippen molar-refractivity contribution in [2.24, 2.45) is 0 Å². The van der Waals surface area contributed by atoms with Gasteiger partial charge in [-0.15, -0.1) is 0 Å². The summed E-state index contributed by atoms with van der Waals surface area (Å²) in [6, 6.07) is 15.5. The quantitative estimate of drug-likeness (QED) is 0.615. The van der Waals surface area contributed by atoms with Gasteiger partial charge in [0.1, 0.15) is 17.3 Å². The number of pyridine rings is 1. The van der Waals surface area contributed by atoms with E-state index >= 15 is 0 Å². The molecule has 0 saturated carbocycles. The lowest BCUT2D eigenvalue weighted by Crippen LogP contribution is -2.37. The van der Waals surface area contributed by atoms with E-state index in [1.165, 1.54) is 12.1 Å². The van der Waals surface area contributed by atoms with E-state index in [1.807, 2.05) is 6.92 Å². The van der Waals surface area contributed by atoms with Crippen molar-refractivity contribution in [1.82, 2.24) is 10.3 Å². The molecule has 1 atom stereocenters. The predicted molar refractivity (Wildman–Crippen MR) is 107 cm³/mol. The fourth-order valence-electron chi connectivity index (χ4n) is 2.70. The summed E-state index contributed by atoms with van der Waals surface area (Å²) in [5.41, 5.74) is 1.32. The monoisotopic (exact) mass is 393 g/mol. The molecule has 6 nitrogen and oxygen atoms in total. The molecule has 0 spiro atoms. The largest absolute Gasteiger partial charge is 0.457 e. The van der Waals surface area contributed by atoms with Gasteiger partial charge in [-0.25, -0.2) is 4.39 Å². The molecule has 0 unspecified atom stereocenters. The summed E-state index contributed by atoms with van der Waals surface area (Å²) in [5.74, 6) is -1.05. The van der Waals surface area contributed by atoms with Gasteiger partial charge in [0, 0.05) is 24.1 Å². The molecule has 0 aliphatic carbocycles. The number of halogens is 1. The Labute approximate surface area is 167 Å². The van der Waals surface area contributed by atoms with Gasteiger partial charge >= 0.3 is 11.8 Å². The van der Waals surface area contributed by atoms with Crippen LogP contribution in [0, 0.1) is 5.82 Å². The highest BCUT2D eigenvalue weighted by Crippen LogP contribution is 2.23. The molecule has 0 bridgehead atoms. The second-order valence-corrected chi connectivity index (χ2v) is 6.25. The molecule has 0 radical (unpaired) electrons. The number of rotatable bonds is 6. The molecule has 2 N–H and O–H groups in total. The molecule has 1 aromatic heterocycles. The zero-order chi connectivity index (χ0) is 20.6. The molecule has 3 aromatic rings. The van der Waals surface area contributed by atoms with Crippen LogP contribution in [0.2, 0.25) is 0 Å². The molecule has 0 aliphatic heterocycles. The van der Waals surface area contributed by atoms with Crippen molar-refractivity contribution in [2.45, 2.75) is 19.4 Å². The zero-order valence-electron chi connectivity index (χ0n) is 15.8. The maximum atomic E-state index is 13.2. The minimum Gasteiger partial charge on any atom is -0.457 e. The third-order valence-corrected chi connectivity index (χ3v) is 4.17. The normalized spacial score (nSPS) is 11.4. The number of aromatic nitrogens is 1. The highest BCUT2D eigenvalue weighted by Gasteiger charge is 2.19. The van der Waals surface area contributed by atoms with E-state index in [0.29, 0.717) is 23.6 Å². The van der Waals surface area contributed by atoms with Crippen LogP contribution in [-0.2, 0) is 9.59 Å². The topological polar surface area (TPSA) is 80.3 Å². The standard InChI is InChI=1S/C22H20FN3O3/c1-2-20(15-10-12-24-13-11-15)26-22(28)21(27)25-17-6-8-18(9-7-17)29-19-5-3-4-16(23)14-19/h3-14,20H,2H2,1H3,(H,25,27)(H,26,28)/t20-/m0/s1. The Morgan fingerprint density at radius 3 is 2.38 bits per heavy atom. The summed E-state index contributed by atoms with van der Waals surface area (Å²) in [7, 11) is 0. The highest BCUT2D eigenvalue weighted by atomic mass is 19.1. The van der Waals surface area contributed by atoms with Gasteiger partial charge < -0.3 is 15.4 Å². The molecule has 148 valence electrons. The summed E-state index contributed by atoms with van der Waals surface area (Å²) in [4.78, 5) is 28.4. The van der Waals surface area contributed by atoms with Crippen LogP contribution in [0.1, 0.15) is 24.9 Å². The Balaban J connectivity index is 1.57. The van der Waals surface area contributed by atoms with E-state index in [-0.39, 0.29) is 6.04 Å². The van der Waals surface area contributed by atoms with Crippen LogP contribution < -0.4 is 15.4 Å². The molecule has 0 aliphatic rings. The molecule has 0 saturated heterocycles. The van der Waals surface area contributed by atoms with Gasteiger partial charge in [0.25, 0.3) is 0 Å². The van der Waals surface area contributed by atoms with Gasteiger partial charge in [0.05, 0.1) is 6.04 Å². The molecule has 3 rings (SSSR count). The van der Waals surface area contributed by atoms with Gasteiger partial charge in [-0.2, -0.15) is 0 Å². The first kappa shape index (κ1) is 20.0. The lowest BCUT2D eigenvalue weighted by Gasteiger charge is -2.17. The zero-order valence-corrected chi connectivity index (χ0v) is 15.8. The van der Waals surface area contributed by atoms with Crippen molar-refractivity contribution >= 4 is 17.5 Å². The third-order valence-electron chi connectivity index (χ3n) is 4.17. The average molecular weight is 393 g/mol. The van der Waals surface area contributed by atoms with Crippen LogP contribution in [-0.4, -0.2) is 16.8 Å². The minimum atomic E-state index is -0.767. The maximum Gasteiger partial charge on any atom is 0.313 e. The second-order valence-electron chi connectivity index (χ2n) is 6.25. The van der Waals surface area contributed by atoms with Crippen LogP contribution in [0.4, 0.5) is 10.1 Å². The van der Waals surface area contributed by atoms with E-state index in [0.717, 1.165) is 5.56 Å². The number of benzene rings is 2. The number of carbonyl (C=O) groups excluding carboxylic acids is 2. The van der Waals surface area contributed by atoms with Crippen LogP contribution >= 0.6 is 0 Å². The average Bonchev–Trinajstić information content (AvgIpc) is 2.74. The van der Waals surface area contributed by atoms with E-state index in [4.69, 9.17) is 4.74 Å². The van der Waals surface area contributed by atoms with E-state index in [9.17, 15) is 14.0 Å². The van der Waals surface area contributed by atoms with Gasteiger partial charge in [-0.05, 0) is 60.5 Å². The molecule has 29 heavy (non-hydrogen) atoms. The molecule has 1 heterocycles. The summed E-state index contributed by atoms with van der Waals surface area (Å²) >= 11 is 0. The number of hydrogen-bond acceptors (Lipinski definition) is 4. The molecule has 7 heteroatoms. The van der Waals surface area contributed by atoms with Gasteiger partial charge in [0.2, 0.25) is 0 Å². The summed E-state index contributed by atoms with van der Waals surface area (Å²) in [5, 5.41) is 5.26. The third kappa shape index (κ3) is 5.62. The van der Waals surface area contributed by atoms with Crippen LogP contribution in [0.25, 0.3) is 0 Å². The SMILES string of the molecule is CC[C@H](NC(=O)C(=O)Nc1ccc(Oc2cccc(F)c2)cc1)c1ccncc1. The smallest absolute Gasteiger partial charge is 0.313 e. The van der Waals surface area contributed by atoms with Gasteiger partial charge in [-0.3, -0.25) is 14.6 Å². The fourth-order valence-corrected chi connectivity index (χ4v) is 2.70. The number of nitrogens with zero attached hydrogens (tertiary/aromatic N) is 1. The first-order chi connectivity index (χ1) is 14.0. The summed E-state index contributed by atoms with van der Waals surface area (Å²) in [6.07, 6.45) is 3.91. The first-order valence-electron chi connectivity index (χ1n) is 9.10. The second kappa shape index (κ2) is 9.45. The van der Waals surface area contributed by atoms with Crippen molar-refractivity contribution in [1.29, 1.82) is 0 Å². The van der Waals surface area contributed by atoms with Crippen LogP contribution in [0.15, 0.2) is 73.1 Å². The Hall–Kier alpha value is -3.74. The van der Waals surface area contributed by atoms with Crippen molar-refractivity contribution in [3.8, 4) is 11.5 Å². The number of hydrogen-bond donors (Lipinski definition) is 2. The fraction of sp³-hybridized carbons (Fsp3) is 0.136. The Morgan fingerprint density at radius 2 is 1.72 bits per heavy atom. The minimum absolute atomic E-state index is 0.279. The Morgan fingerprint density at radius 1 is 1.00 bits per heavy atom. The number of carbonyl (C=O) groups is 2. The van der Waals surface area contributed by atoms with Crippen molar-refractivity contribution in [3.63, 3.8) is 0 Å². The van der Waals surface area contributed by atoms with E-state index in [1.54, 1.807) is 60.9 Å². The van der Waals surface area contributed by atoms with Gasteiger partial charge in [0.15, 0.2) is 0 Å². The van der Waals surface area contributed by atoms with Gasteiger partial charge in [-0.1, -0.05) is 13.0 Å². The maximum absolute atomic E-state index is 13.2. The highest BCUT2D eigenvalue weighted by molar-refractivity contribution is 6.39. The lowest BCUT2D eigenvalue weighted by molar-refractivity contribution is -0.136. The summed E-state index contributed by atoms with van der Waals surface area (Å²) < 4.78 is 18.8. The van der Waals surface area contributed by atoms with Crippen molar-refractivity contribution in [3.05, 3.63) is 84.4 Å². The van der Waals surface area contributed by atoms with E-state index < -0.39 is 17.6 Å². The van der Waals surface area contributed by atoms with Crippen molar-refractivity contribution < 1.29 is 18.7 Å². The number of amides is 2. The first-order valence-corrected chi connectivity index (χ1v) is 9.10. The molecule has 2 amide bonds. The van der Waals surface area contributed by atoms with E-state index in [2.05, 4.69) is 15.6 Å². The molecular weight excluding hydrogens is 373 g/mol. The Bertz CT molecular complexity index is 978. The predicted octanol–water partition coefficient (Wildman–Crippen LogP) is 4.22. The van der Waals surface area contributed by atoms with Crippen LogP contribution in [0.5, 0.6) is 11.5 Å². The number of nitrogens with one attached hydrogen (secondary N) is 2.